The number of alkyl halides is 1. The van der Waals surface area contributed by atoms with E-state index in [2.05, 4.69) is 32.1 Å². The van der Waals surface area contributed by atoms with Gasteiger partial charge in [0.2, 0.25) is 11.8 Å². The summed E-state index contributed by atoms with van der Waals surface area (Å²) in [5.41, 5.74) is 5.42. The minimum absolute atomic E-state index is 0.0801. The van der Waals surface area contributed by atoms with E-state index in [0.29, 0.717) is 6.42 Å². The highest BCUT2D eigenvalue weighted by molar-refractivity contribution is 9.09. The SMILES string of the molecule is CC(=O)N[C@@H](Cc1ccccc1)C(=O)NNC(=O)CBr. The molecule has 0 saturated heterocycles. The summed E-state index contributed by atoms with van der Waals surface area (Å²) in [6.07, 6.45) is 0.344. The standard InChI is InChI=1S/C13H16BrN3O3/c1-9(18)15-11(7-10-5-3-2-4-6-10)13(20)17-16-12(19)8-14/h2-6,11H,7-8H2,1H3,(H,15,18)(H,16,19)(H,17,20)/t11-/m0/s1. The van der Waals surface area contributed by atoms with Gasteiger partial charge in [-0.05, 0) is 5.56 Å². The molecule has 7 heteroatoms. The van der Waals surface area contributed by atoms with Crippen molar-refractivity contribution in [1.29, 1.82) is 0 Å². The molecule has 3 amide bonds. The largest absolute Gasteiger partial charge is 0.344 e. The van der Waals surface area contributed by atoms with Gasteiger partial charge in [-0.25, -0.2) is 0 Å². The van der Waals surface area contributed by atoms with Crippen LogP contribution in [0.25, 0.3) is 0 Å². The lowest BCUT2D eigenvalue weighted by Gasteiger charge is -2.17. The molecule has 1 aromatic carbocycles. The Morgan fingerprint density at radius 2 is 1.80 bits per heavy atom. The van der Waals surface area contributed by atoms with E-state index in [0.717, 1.165) is 5.56 Å². The van der Waals surface area contributed by atoms with Gasteiger partial charge in [0, 0.05) is 13.3 Å². The van der Waals surface area contributed by atoms with Gasteiger partial charge in [0.25, 0.3) is 5.91 Å². The Kier molecular flexibility index (Phi) is 6.72. The van der Waals surface area contributed by atoms with E-state index in [1.54, 1.807) is 0 Å². The number of hydrogen-bond acceptors (Lipinski definition) is 3. The third kappa shape index (κ3) is 5.83. The highest BCUT2D eigenvalue weighted by Crippen LogP contribution is 2.03. The maximum atomic E-state index is 11.9. The summed E-state index contributed by atoms with van der Waals surface area (Å²) < 4.78 is 0. The van der Waals surface area contributed by atoms with Crippen molar-refractivity contribution in [3.05, 3.63) is 35.9 Å². The lowest BCUT2D eigenvalue weighted by Crippen LogP contribution is -2.53. The van der Waals surface area contributed by atoms with Gasteiger partial charge < -0.3 is 5.32 Å². The Bertz CT molecular complexity index is 479. The Morgan fingerprint density at radius 3 is 2.35 bits per heavy atom. The molecular weight excluding hydrogens is 326 g/mol. The molecule has 0 heterocycles. The number of nitrogens with one attached hydrogen (secondary N) is 3. The second-order valence-corrected chi connectivity index (χ2v) is 4.67. The molecule has 6 nitrogen and oxygen atoms in total. The second-order valence-electron chi connectivity index (χ2n) is 4.11. The van der Waals surface area contributed by atoms with Gasteiger partial charge in [0.15, 0.2) is 0 Å². The van der Waals surface area contributed by atoms with Crippen molar-refractivity contribution in [2.75, 3.05) is 5.33 Å². The van der Waals surface area contributed by atoms with Crippen LogP contribution in [-0.4, -0.2) is 29.1 Å². The summed E-state index contributed by atoms with van der Waals surface area (Å²) >= 11 is 2.96. The van der Waals surface area contributed by atoms with Crippen LogP contribution in [0.15, 0.2) is 30.3 Å². The van der Waals surface area contributed by atoms with Crippen molar-refractivity contribution >= 4 is 33.7 Å². The highest BCUT2D eigenvalue weighted by Gasteiger charge is 2.20. The molecule has 0 aliphatic carbocycles. The number of carbonyl (C=O) groups excluding carboxylic acids is 3. The molecule has 108 valence electrons. The van der Waals surface area contributed by atoms with Crippen LogP contribution < -0.4 is 16.2 Å². The molecule has 3 N–H and O–H groups in total. The van der Waals surface area contributed by atoms with E-state index in [-0.39, 0.29) is 17.1 Å². The molecule has 0 aliphatic rings. The summed E-state index contributed by atoms with van der Waals surface area (Å²) in [5.74, 6) is -1.16. The minimum Gasteiger partial charge on any atom is -0.344 e. The van der Waals surface area contributed by atoms with Crippen LogP contribution in [0, 0.1) is 0 Å². The molecule has 0 aromatic heterocycles. The van der Waals surface area contributed by atoms with Crippen molar-refractivity contribution in [2.24, 2.45) is 0 Å². The second kappa shape index (κ2) is 8.31. The van der Waals surface area contributed by atoms with Crippen LogP contribution >= 0.6 is 15.9 Å². The van der Waals surface area contributed by atoms with Gasteiger partial charge in [-0.1, -0.05) is 46.3 Å². The monoisotopic (exact) mass is 341 g/mol. The predicted octanol–water partition coefficient (Wildman–Crippen LogP) is 0.276. The van der Waals surface area contributed by atoms with Crippen LogP contribution in [0.5, 0.6) is 0 Å². The number of benzene rings is 1. The Labute approximate surface area is 125 Å². The quantitative estimate of drug-likeness (QED) is 0.531. The van der Waals surface area contributed by atoms with Crippen molar-refractivity contribution in [3.63, 3.8) is 0 Å². The number of amides is 3. The average molecular weight is 342 g/mol. The molecule has 0 fully saturated rings. The van der Waals surface area contributed by atoms with E-state index in [4.69, 9.17) is 0 Å². The van der Waals surface area contributed by atoms with Gasteiger partial charge in [-0.15, -0.1) is 0 Å². The molecule has 1 aromatic rings. The average Bonchev–Trinajstić information content (AvgIpc) is 2.44. The zero-order valence-corrected chi connectivity index (χ0v) is 12.6. The normalized spacial score (nSPS) is 11.3. The van der Waals surface area contributed by atoms with Crippen LogP contribution in [0.1, 0.15) is 12.5 Å². The van der Waals surface area contributed by atoms with Gasteiger partial charge in [-0.3, -0.25) is 25.2 Å². The van der Waals surface area contributed by atoms with Gasteiger partial charge >= 0.3 is 0 Å². The lowest BCUT2D eigenvalue weighted by molar-refractivity contribution is -0.131. The third-order valence-corrected chi connectivity index (χ3v) is 2.93. The van der Waals surface area contributed by atoms with E-state index in [9.17, 15) is 14.4 Å². The fourth-order valence-electron chi connectivity index (χ4n) is 1.56. The summed E-state index contributed by atoms with van der Waals surface area (Å²) in [6, 6.07) is 8.55. The zero-order chi connectivity index (χ0) is 15.0. The molecule has 1 atom stereocenters. The maximum Gasteiger partial charge on any atom is 0.261 e. The number of carbonyl (C=O) groups is 3. The predicted molar refractivity (Wildman–Crippen MR) is 77.8 cm³/mol. The summed E-state index contributed by atoms with van der Waals surface area (Å²) in [5, 5.41) is 2.64. The molecule has 0 unspecified atom stereocenters. The first-order valence-electron chi connectivity index (χ1n) is 5.98. The number of rotatable bonds is 5. The van der Waals surface area contributed by atoms with Crippen molar-refractivity contribution in [2.45, 2.75) is 19.4 Å². The van der Waals surface area contributed by atoms with Crippen LogP contribution in [0.3, 0.4) is 0 Å². The smallest absolute Gasteiger partial charge is 0.261 e. The van der Waals surface area contributed by atoms with Crippen molar-refractivity contribution in [3.8, 4) is 0 Å². The van der Waals surface area contributed by atoms with Crippen LogP contribution in [0.4, 0.5) is 0 Å². The molecule has 0 saturated carbocycles. The van der Waals surface area contributed by atoms with Crippen LogP contribution in [0.2, 0.25) is 0 Å². The molecule has 20 heavy (non-hydrogen) atoms. The lowest BCUT2D eigenvalue weighted by atomic mass is 10.1. The fourth-order valence-corrected chi connectivity index (χ4v) is 1.70. The topological polar surface area (TPSA) is 87.3 Å². The van der Waals surface area contributed by atoms with E-state index in [1.165, 1.54) is 6.92 Å². The Hall–Kier alpha value is -1.89. The van der Waals surface area contributed by atoms with E-state index in [1.807, 2.05) is 30.3 Å². The Balaban J connectivity index is 2.66. The molecule has 0 bridgehead atoms. The van der Waals surface area contributed by atoms with E-state index < -0.39 is 11.9 Å². The van der Waals surface area contributed by atoms with Crippen LogP contribution in [-0.2, 0) is 20.8 Å². The van der Waals surface area contributed by atoms with Crippen molar-refractivity contribution < 1.29 is 14.4 Å². The molecule has 0 aliphatic heterocycles. The van der Waals surface area contributed by atoms with Gasteiger partial charge in [0.1, 0.15) is 6.04 Å². The van der Waals surface area contributed by atoms with Crippen molar-refractivity contribution in [1.82, 2.24) is 16.2 Å². The molecular formula is C13H16BrN3O3. The highest BCUT2D eigenvalue weighted by atomic mass is 79.9. The first-order valence-corrected chi connectivity index (χ1v) is 7.10. The molecule has 0 spiro atoms. The first-order chi connectivity index (χ1) is 9.52. The number of hydrogen-bond donors (Lipinski definition) is 3. The number of halogens is 1. The summed E-state index contributed by atoms with van der Waals surface area (Å²) in [6.45, 7) is 1.34. The zero-order valence-electron chi connectivity index (χ0n) is 11.0. The minimum atomic E-state index is -0.745. The molecule has 1 rings (SSSR count). The first kappa shape index (κ1) is 16.2. The summed E-state index contributed by atoms with van der Waals surface area (Å²) in [7, 11) is 0. The summed E-state index contributed by atoms with van der Waals surface area (Å²) in [4.78, 5) is 34.2. The van der Waals surface area contributed by atoms with Gasteiger partial charge in [0.05, 0.1) is 5.33 Å². The van der Waals surface area contributed by atoms with E-state index >= 15 is 0 Å². The third-order valence-electron chi connectivity index (χ3n) is 2.42. The van der Waals surface area contributed by atoms with Gasteiger partial charge in [-0.2, -0.15) is 0 Å². The fraction of sp³-hybridized carbons (Fsp3) is 0.308. The maximum absolute atomic E-state index is 11.9. The number of hydrazine groups is 1. The molecule has 0 radical (unpaired) electrons. The Morgan fingerprint density at radius 1 is 1.15 bits per heavy atom.